The minimum Gasteiger partial charge on any atom is -0.386 e. The quantitative estimate of drug-likeness (QED) is 0.870. The summed E-state index contributed by atoms with van der Waals surface area (Å²) in [5.74, 6) is -0.220. The van der Waals surface area contributed by atoms with Gasteiger partial charge in [-0.15, -0.1) is 11.3 Å². The lowest BCUT2D eigenvalue weighted by Crippen LogP contribution is -2.31. The van der Waals surface area contributed by atoms with Crippen molar-refractivity contribution in [1.82, 2.24) is 5.32 Å². The number of thiophene rings is 1. The Morgan fingerprint density at radius 1 is 1.28 bits per heavy atom. The van der Waals surface area contributed by atoms with Gasteiger partial charge in [0, 0.05) is 23.0 Å². The van der Waals surface area contributed by atoms with Gasteiger partial charge in [-0.05, 0) is 24.4 Å². The zero-order chi connectivity index (χ0) is 13.0. The van der Waals surface area contributed by atoms with Gasteiger partial charge < -0.3 is 10.4 Å². The molecule has 0 aliphatic carbocycles. The topological polar surface area (TPSA) is 32.3 Å². The Kier molecular flexibility index (Phi) is 4.47. The molecule has 1 heterocycles. The van der Waals surface area contributed by atoms with Crippen molar-refractivity contribution in [3.8, 4) is 0 Å². The molecule has 0 bridgehead atoms. The smallest absolute Gasteiger partial charge is 0.127 e. The monoisotopic (exact) mass is 265 g/mol. The van der Waals surface area contributed by atoms with E-state index in [4.69, 9.17) is 0 Å². The lowest BCUT2D eigenvalue weighted by Gasteiger charge is -2.19. The minimum atomic E-state index is -0.559. The van der Waals surface area contributed by atoms with E-state index in [1.165, 1.54) is 17.4 Å². The second-order valence-electron chi connectivity index (χ2n) is 4.22. The molecule has 0 saturated carbocycles. The van der Waals surface area contributed by atoms with Gasteiger partial charge in [-0.2, -0.15) is 0 Å². The Labute approximate surface area is 110 Å². The van der Waals surface area contributed by atoms with Crippen molar-refractivity contribution in [2.24, 2.45) is 0 Å². The van der Waals surface area contributed by atoms with Gasteiger partial charge in [-0.1, -0.05) is 24.3 Å². The number of halogens is 1. The zero-order valence-electron chi connectivity index (χ0n) is 10.1. The fourth-order valence-corrected chi connectivity index (χ4v) is 2.55. The van der Waals surface area contributed by atoms with Gasteiger partial charge in [0.25, 0.3) is 0 Å². The molecule has 4 heteroatoms. The maximum absolute atomic E-state index is 13.4. The third-order valence-corrected chi connectivity index (χ3v) is 3.82. The third-order valence-electron chi connectivity index (χ3n) is 2.88. The average molecular weight is 265 g/mol. The number of hydrogen-bond acceptors (Lipinski definition) is 3. The molecule has 96 valence electrons. The molecule has 0 aliphatic heterocycles. The van der Waals surface area contributed by atoms with E-state index >= 15 is 0 Å². The summed E-state index contributed by atoms with van der Waals surface area (Å²) in [6.45, 7) is 2.31. The van der Waals surface area contributed by atoms with Crippen LogP contribution in [-0.2, 0) is 6.54 Å². The standard InChI is InChI=1S/C14H16FNOS/c1-10(14(17)13-7-4-8-18-13)16-9-11-5-2-3-6-12(11)15/h2-8,10,14,16-17H,9H2,1H3. The highest BCUT2D eigenvalue weighted by Crippen LogP contribution is 2.22. The summed E-state index contributed by atoms with van der Waals surface area (Å²) >= 11 is 1.52. The Morgan fingerprint density at radius 2 is 2.06 bits per heavy atom. The molecule has 2 rings (SSSR count). The van der Waals surface area contributed by atoms with Crippen LogP contribution in [0.5, 0.6) is 0 Å². The molecular formula is C14H16FNOS. The van der Waals surface area contributed by atoms with Crippen molar-refractivity contribution in [2.75, 3.05) is 0 Å². The van der Waals surface area contributed by atoms with Crippen LogP contribution in [0.1, 0.15) is 23.5 Å². The molecule has 0 spiro atoms. The first kappa shape index (κ1) is 13.2. The Bertz CT molecular complexity index is 486. The number of nitrogens with one attached hydrogen (secondary N) is 1. The van der Waals surface area contributed by atoms with E-state index in [-0.39, 0.29) is 11.9 Å². The molecule has 0 amide bonds. The molecule has 2 N–H and O–H groups in total. The van der Waals surface area contributed by atoms with Gasteiger partial charge in [-0.25, -0.2) is 4.39 Å². The summed E-state index contributed by atoms with van der Waals surface area (Å²) in [5, 5.41) is 15.2. The van der Waals surface area contributed by atoms with Gasteiger partial charge in [0.1, 0.15) is 11.9 Å². The first-order valence-corrected chi connectivity index (χ1v) is 6.74. The Hall–Kier alpha value is -1.23. The molecule has 1 aromatic heterocycles. The highest BCUT2D eigenvalue weighted by Gasteiger charge is 2.16. The molecule has 0 aliphatic rings. The molecule has 2 nitrogen and oxygen atoms in total. The van der Waals surface area contributed by atoms with E-state index in [9.17, 15) is 9.50 Å². The van der Waals surface area contributed by atoms with Gasteiger partial charge >= 0.3 is 0 Å². The molecular weight excluding hydrogens is 249 g/mol. The van der Waals surface area contributed by atoms with Crippen LogP contribution in [0.4, 0.5) is 4.39 Å². The minimum absolute atomic E-state index is 0.122. The van der Waals surface area contributed by atoms with E-state index in [1.54, 1.807) is 18.2 Å². The second-order valence-corrected chi connectivity index (χ2v) is 5.20. The van der Waals surface area contributed by atoms with Crippen LogP contribution >= 0.6 is 11.3 Å². The van der Waals surface area contributed by atoms with Crippen LogP contribution in [0.15, 0.2) is 41.8 Å². The number of benzene rings is 1. The van der Waals surface area contributed by atoms with E-state index in [0.29, 0.717) is 12.1 Å². The van der Waals surface area contributed by atoms with Crippen LogP contribution in [-0.4, -0.2) is 11.1 Å². The van der Waals surface area contributed by atoms with Crippen molar-refractivity contribution < 1.29 is 9.50 Å². The average Bonchev–Trinajstić information content (AvgIpc) is 2.90. The van der Waals surface area contributed by atoms with Crippen LogP contribution in [0, 0.1) is 5.82 Å². The predicted octanol–water partition coefficient (Wildman–Crippen LogP) is 3.10. The summed E-state index contributed by atoms with van der Waals surface area (Å²) in [6.07, 6.45) is -0.559. The number of aliphatic hydroxyl groups excluding tert-OH is 1. The molecule has 1 aromatic carbocycles. The van der Waals surface area contributed by atoms with E-state index in [1.807, 2.05) is 24.4 Å². The summed E-state index contributed by atoms with van der Waals surface area (Å²) in [5.41, 5.74) is 0.614. The zero-order valence-corrected chi connectivity index (χ0v) is 11.0. The van der Waals surface area contributed by atoms with E-state index in [0.717, 1.165) is 4.88 Å². The fraction of sp³-hybridized carbons (Fsp3) is 0.286. The molecule has 2 atom stereocenters. The van der Waals surface area contributed by atoms with Gasteiger partial charge in [0.2, 0.25) is 0 Å². The Balaban J connectivity index is 1.92. The van der Waals surface area contributed by atoms with E-state index < -0.39 is 6.10 Å². The molecule has 0 fully saturated rings. The highest BCUT2D eigenvalue weighted by molar-refractivity contribution is 7.10. The molecule has 2 unspecified atom stereocenters. The van der Waals surface area contributed by atoms with Crippen LogP contribution < -0.4 is 5.32 Å². The first-order chi connectivity index (χ1) is 8.68. The van der Waals surface area contributed by atoms with Crippen molar-refractivity contribution in [3.63, 3.8) is 0 Å². The van der Waals surface area contributed by atoms with E-state index in [2.05, 4.69) is 5.32 Å². The van der Waals surface area contributed by atoms with Gasteiger partial charge in [0.15, 0.2) is 0 Å². The predicted molar refractivity (Wildman–Crippen MR) is 72.0 cm³/mol. The Morgan fingerprint density at radius 3 is 2.72 bits per heavy atom. The highest BCUT2D eigenvalue weighted by atomic mass is 32.1. The molecule has 18 heavy (non-hydrogen) atoms. The van der Waals surface area contributed by atoms with Gasteiger partial charge in [-0.3, -0.25) is 0 Å². The molecule has 0 radical (unpaired) electrons. The summed E-state index contributed by atoms with van der Waals surface area (Å²) < 4.78 is 13.4. The molecule has 0 saturated heterocycles. The maximum atomic E-state index is 13.4. The first-order valence-electron chi connectivity index (χ1n) is 5.86. The SMILES string of the molecule is CC(NCc1ccccc1F)C(O)c1cccs1. The second kappa shape index (κ2) is 6.09. The largest absolute Gasteiger partial charge is 0.386 e. The number of hydrogen-bond donors (Lipinski definition) is 2. The lowest BCUT2D eigenvalue weighted by molar-refractivity contribution is 0.138. The van der Waals surface area contributed by atoms with Crippen LogP contribution in [0.3, 0.4) is 0 Å². The lowest BCUT2D eigenvalue weighted by atomic mass is 10.1. The summed E-state index contributed by atoms with van der Waals surface area (Å²) in [7, 11) is 0. The van der Waals surface area contributed by atoms with Crippen LogP contribution in [0.25, 0.3) is 0 Å². The maximum Gasteiger partial charge on any atom is 0.127 e. The van der Waals surface area contributed by atoms with Crippen molar-refractivity contribution >= 4 is 11.3 Å². The van der Waals surface area contributed by atoms with Gasteiger partial charge in [0.05, 0.1) is 0 Å². The normalized spacial score (nSPS) is 14.4. The summed E-state index contributed by atoms with van der Waals surface area (Å²) in [6, 6.07) is 10.3. The third kappa shape index (κ3) is 3.16. The fourth-order valence-electron chi connectivity index (χ4n) is 1.73. The van der Waals surface area contributed by atoms with Crippen molar-refractivity contribution in [2.45, 2.75) is 25.6 Å². The number of rotatable bonds is 5. The van der Waals surface area contributed by atoms with Crippen LogP contribution in [0.2, 0.25) is 0 Å². The van der Waals surface area contributed by atoms with Crippen molar-refractivity contribution in [1.29, 1.82) is 0 Å². The molecule has 2 aromatic rings. The number of aliphatic hydroxyl groups is 1. The summed E-state index contributed by atoms with van der Waals surface area (Å²) in [4.78, 5) is 0.920. The van der Waals surface area contributed by atoms with Crippen molar-refractivity contribution in [3.05, 3.63) is 58.0 Å².